The highest BCUT2D eigenvalue weighted by atomic mass is 19.4. The van der Waals surface area contributed by atoms with Crippen molar-refractivity contribution in [1.29, 1.82) is 0 Å². The van der Waals surface area contributed by atoms with Crippen LogP contribution in [0.2, 0.25) is 0 Å². The van der Waals surface area contributed by atoms with Gasteiger partial charge >= 0.3 is 6.18 Å². The highest BCUT2D eigenvalue weighted by Gasteiger charge is 2.28. The zero-order chi connectivity index (χ0) is 20.3. The van der Waals surface area contributed by atoms with Crippen molar-refractivity contribution in [3.05, 3.63) is 24.3 Å². The predicted octanol–water partition coefficient (Wildman–Crippen LogP) is 2.51. The highest BCUT2D eigenvalue weighted by molar-refractivity contribution is 5.79. The van der Waals surface area contributed by atoms with Gasteiger partial charge in [0.15, 0.2) is 17.5 Å². The van der Waals surface area contributed by atoms with Crippen molar-refractivity contribution in [3.63, 3.8) is 0 Å². The van der Waals surface area contributed by atoms with Crippen LogP contribution in [-0.4, -0.2) is 70.5 Å². The molecule has 0 aliphatic rings. The van der Waals surface area contributed by atoms with Gasteiger partial charge in [0.05, 0.1) is 20.2 Å². The van der Waals surface area contributed by atoms with Crippen LogP contribution in [0.4, 0.5) is 13.2 Å². The molecule has 0 saturated carbocycles. The first-order valence-corrected chi connectivity index (χ1v) is 8.74. The standard InChI is InChI=1S/C18H29F3N4O2/c1-14(27-16-9-6-5-8-15(16)26-4)12-24-17(22-2)23-10-7-11-25(3)13-18(19,20)21/h5-6,8-9,14H,7,10-13H2,1-4H3,(H2,22,23,24). The van der Waals surface area contributed by atoms with E-state index in [2.05, 4.69) is 15.6 Å². The largest absolute Gasteiger partial charge is 0.493 e. The summed E-state index contributed by atoms with van der Waals surface area (Å²) in [5, 5.41) is 6.21. The summed E-state index contributed by atoms with van der Waals surface area (Å²) in [6.07, 6.45) is -3.74. The fraction of sp³-hybridized carbons (Fsp3) is 0.611. The smallest absolute Gasteiger partial charge is 0.401 e. The minimum Gasteiger partial charge on any atom is -0.493 e. The van der Waals surface area contributed by atoms with E-state index in [1.165, 1.54) is 11.9 Å². The predicted molar refractivity (Wildman–Crippen MR) is 101 cm³/mol. The SMILES string of the molecule is CN=C(NCCCN(C)CC(F)(F)F)NCC(C)Oc1ccccc1OC. The molecule has 27 heavy (non-hydrogen) atoms. The number of benzene rings is 1. The lowest BCUT2D eigenvalue weighted by molar-refractivity contribution is -0.143. The second-order valence-electron chi connectivity index (χ2n) is 6.17. The van der Waals surface area contributed by atoms with Gasteiger partial charge in [0.2, 0.25) is 0 Å². The molecule has 9 heteroatoms. The van der Waals surface area contributed by atoms with Crippen molar-refractivity contribution in [2.24, 2.45) is 4.99 Å². The van der Waals surface area contributed by atoms with E-state index in [0.717, 1.165) is 0 Å². The van der Waals surface area contributed by atoms with Gasteiger partial charge in [-0.25, -0.2) is 0 Å². The van der Waals surface area contributed by atoms with Crippen molar-refractivity contribution in [3.8, 4) is 11.5 Å². The second-order valence-corrected chi connectivity index (χ2v) is 6.17. The molecule has 0 saturated heterocycles. The van der Waals surface area contributed by atoms with Crippen LogP contribution >= 0.6 is 0 Å². The van der Waals surface area contributed by atoms with Crippen molar-refractivity contribution in [2.45, 2.75) is 25.6 Å². The summed E-state index contributed by atoms with van der Waals surface area (Å²) in [6, 6.07) is 7.40. The number of halogens is 3. The lowest BCUT2D eigenvalue weighted by Crippen LogP contribution is -2.42. The van der Waals surface area contributed by atoms with E-state index in [4.69, 9.17) is 9.47 Å². The Labute approximate surface area is 158 Å². The number of para-hydroxylation sites is 2. The third kappa shape index (κ3) is 9.93. The van der Waals surface area contributed by atoms with Gasteiger partial charge in [-0.1, -0.05) is 12.1 Å². The minimum absolute atomic E-state index is 0.141. The molecule has 2 N–H and O–H groups in total. The van der Waals surface area contributed by atoms with Gasteiger partial charge in [0, 0.05) is 13.6 Å². The maximum Gasteiger partial charge on any atom is 0.401 e. The van der Waals surface area contributed by atoms with Crippen LogP contribution in [0.15, 0.2) is 29.3 Å². The average Bonchev–Trinajstić information content (AvgIpc) is 2.60. The summed E-state index contributed by atoms with van der Waals surface area (Å²) in [5.41, 5.74) is 0. The first-order chi connectivity index (χ1) is 12.7. The minimum atomic E-state index is -4.17. The molecule has 0 amide bonds. The monoisotopic (exact) mass is 390 g/mol. The number of hydrogen-bond acceptors (Lipinski definition) is 4. The second kappa shape index (κ2) is 11.5. The Morgan fingerprint density at radius 3 is 2.48 bits per heavy atom. The summed E-state index contributed by atoms with van der Waals surface area (Å²) in [4.78, 5) is 5.35. The van der Waals surface area contributed by atoms with Crippen LogP contribution < -0.4 is 20.1 Å². The number of rotatable bonds is 10. The van der Waals surface area contributed by atoms with Crippen molar-refractivity contribution < 1.29 is 22.6 Å². The first kappa shape index (κ1) is 22.9. The normalized spacial score (nSPS) is 13.4. The molecule has 0 aliphatic carbocycles. The number of guanidine groups is 1. The Balaban J connectivity index is 2.29. The zero-order valence-corrected chi connectivity index (χ0v) is 16.3. The number of ether oxygens (including phenoxy) is 2. The Bertz CT molecular complexity index is 582. The lowest BCUT2D eigenvalue weighted by Gasteiger charge is -2.20. The van der Waals surface area contributed by atoms with Crippen LogP contribution in [-0.2, 0) is 0 Å². The van der Waals surface area contributed by atoms with Gasteiger partial charge in [-0.05, 0) is 39.1 Å². The molecule has 0 aliphatic heterocycles. The van der Waals surface area contributed by atoms with Gasteiger partial charge in [-0.15, -0.1) is 0 Å². The van der Waals surface area contributed by atoms with E-state index in [1.807, 2.05) is 31.2 Å². The van der Waals surface area contributed by atoms with E-state index >= 15 is 0 Å². The molecule has 1 unspecified atom stereocenters. The van der Waals surface area contributed by atoms with E-state index in [1.54, 1.807) is 14.2 Å². The molecule has 0 heterocycles. The number of alkyl halides is 3. The van der Waals surface area contributed by atoms with E-state index in [9.17, 15) is 13.2 Å². The van der Waals surface area contributed by atoms with Crippen LogP contribution in [0.3, 0.4) is 0 Å². The molecule has 154 valence electrons. The quantitative estimate of drug-likeness (QED) is 0.365. The number of nitrogens with one attached hydrogen (secondary N) is 2. The average molecular weight is 390 g/mol. The summed E-state index contributed by atoms with van der Waals surface area (Å²) in [5.74, 6) is 1.89. The molecular formula is C18H29F3N4O2. The van der Waals surface area contributed by atoms with Crippen LogP contribution in [0.25, 0.3) is 0 Å². The molecule has 0 spiro atoms. The number of hydrogen-bond donors (Lipinski definition) is 2. The summed E-state index contributed by atoms with van der Waals surface area (Å²) in [6.45, 7) is 2.38. The maximum absolute atomic E-state index is 12.3. The Kier molecular flexibility index (Phi) is 9.77. The maximum atomic E-state index is 12.3. The van der Waals surface area contributed by atoms with Gasteiger partial charge in [-0.2, -0.15) is 13.2 Å². The van der Waals surface area contributed by atoms with E-state index in [-0.39, 0.29) is 6.10 Å². The summed E-state index contributed by atoms with van der Waals surface area (Å²) in [7, 11) is 4.68. The highest BCUT2D eigenvalue weighted by Crippen LogP contribution is 2.26. The Morgan fingerprint density at radius 2 is 1.89 bits per heavy atom. The molecular weight excluding hydrogens is 361 g/mol. The van der Waals surface area contributed by atoms with Crippen LogP contribution in [0.5, 0.6) is 11.5 Å². The van der Waals surface area contributed by atoms with Crippen LogP contribution in [0.1, 0.15) is 13.3 Å². The first-order valence-electron chi connectivity index (χ1n) is 8.74. The molecule has 1 aromatic carbocycles. The molecule has 1 aromatic rings. The molecule has 1 rings (SSSR count). The zero-order valence-electron chi connectivity index (χ0n) is 16.3. The fourth-order valence-electron chi connectivity index (χ4n) is 2.38. The number of aliphatic imine (C=N–C) groups is 1. The molecule has 0 radical (unpaired) electrons. The third-order valence-electron chi connectivity index (χ3n) is 3.64. The Hall–Kier alpha value is -2.16. The van der Waals surface area contributed by atoms with Crippen LogP contribution in [0, 0.1) is 0 Å². The van der Waals surface area contributed by atoms with E-state index in [0.29, 0.717) is 43.5 Å². The fourth-order valence-corrected chi connectivity index (χ4v) is 2.38. The number of nitrogens with zero attached hydrogens (tertiary/aromatic N) is 2. The van der Waals surface area contributed by atoms with Gasteiger partial charge in [-0.3, -0.25) is 9.89 Å². The molecule has 0 fully saturated rings. The van der Waals surface area contributed by atoms with Gasteiger partial charge in [0.25, 0.3) is 0 Å². The lowest BCUT2D eigenvalue weighted by atomic mass is 10.3. The molecule has 6 nitrogen and oxygen atoms in total. The topological polar surface area (TPSA) is 58.1 Å². The van der Waals surface area contributed by atoms with Gasteiger partial charge < -0.3 is 20.1 Å². The van der Waals surface area contributed by atoms with Crippen molar-refractivity contribution in [2.75, 3.05) is 47.4 Å². The van der Waals surface area contributed by atoms with Crippen molar-refractivity contribution in [1.82, 2.24) is 15.5 Å². The Morgan fingerprint density at radius 1 is 1.22 bits per heavy atom. The van der Waals surface area contributed by atoms with Gasteiger partial charge in [0.1, 0.15) is 6.10 Å². The summed E-state index contributed by atoms with van der Waals surface area (Å²) >= 11 is 0. The molecule has 0 aromatic heterocycles. The van der Waals surface area contributed by atoms with E-state index < -0.39 is 12.7 Å². The molecule has 1 atom stereocenters. The summed E-state index contributed by atoms with van der Waals surface area (Å²) < 4.78 is 47.9. The number of methoxy groups -OCH3 is 1. The van der Waals surface area contributed by atoms with Crippen molar-refractivity contribution >= 4 is 5.96 Å². The molecule has 0 bridgehead atoms. The third-order valence-corrected chi connectivity index (χ3v) is 3.64.